The van der Waals surface area contributed by atoms with Crippen molar-refractivity contribution in [2.75, 3.05) is 39.8 Å². The number of hydrogen-bond acceptors (Lipinski definition) is 5. The molecule has 0 aliphatic carbocycles. The van der Waals surface area contributed by atoms with Gasteiger partial charge in [0.15, 0.2) is 5.69 Å². The van der Waals surface area contributed by atoms with E-state index in [1.54, 1.807) is 45.9 Å². The van der Waals surface area contributed by atoms with Gasteiger partial charge in [-0.15, -0.1) is 0 Å². The fourth-order valence-electron chi connectivity index (χ4n) is 5.18. The molecule has 0 spiro atoms. The number of nitrogens with zero attached hydrogens (tertiary/aromatic N) is 5. The van der Waals surface area contributed by atoms with Gasteiger partial charge >= 0.3 is 0 Å². The smallest absolute Gasteiger partial charge is 0.274 e. The van der Waals surface area contributed by atoms with Gasteiger partial charge < -0.3 is 19.4 Å². The number of carbonyl (C=O) groups is 3. The minimum absolute atomic E-state index is 0.0975. The van der Waals surface area contributed by atoms with Crippen LogP contribution < -0.4 is 4.74 Å². The fraction of sp³-hybridized carbons (Fsp3) is 0.538. The van der Waals surface area contributed by atoms with Crippen molar-refractivity contribution in [3.05, 3.63) is 46.8 Å². The molecule has 2 aromatic rings. The average Bonchev–Trinajstić information content (AvgIpc) is 3.24. The number of amides is 3. The molecule has 1 aromatic carbocycles. The summed E-state index contributed by atoms with van der Waals surface area (Å²) < 4.78 is 7.03. The molecule has 1 atom stereocenters. The molecule has 0 bridgehead atoms. The van der Waals surface area contributed by atoms with Crippen LogP contribution in [0.3, 0.4) is 0 Å². The molecule has 1 fully saturated rings. The number of aryl methyl sites for hydroxylation is 1. The van der Waals surface area contributed by atoms with Crippen molar-refractivity contribution >= 4 is 17.7 Å². The van der Waals surface area contributed by atoms with Crippen LogP contribution in [-0.4, -0.2) is 82.0 Å². The number of rotatable bonds is 6. The normalized spacial score (nSPS) is 17.7. The van der Waals surface area contributed by atoms with E-state index in [1.807, 2.05) is 25.8 Å². The van der Waals surface area contributed by atoms with E-state index in [-0.39, 0.29) is 23.6 Å². The zero-order valence-electron chi connectivity index (χ0n) is 21.1. The quantitative estimate of drug-likeness (QED) is 0.632. The van der Waals surface area contributed by atoms with Crippen molar-refractivity contribution in [3.8, 4) is 5.75 Å². The number of fused-ring (bicyclic) bond motifs is 1. The number of ether oxygens (including phenoxy) is 1. The number of likely N-dealkylation sites (tertiary alicyclic amines) is 1. The second-order valence-electron chi connectivity index (χ2n) is 9.21. The Kier molecular flexibility index (Phi) is 7.42. The van der Waals surface area contributed by atoms with Gasteiger partial charge in [-0.25, -0.2) is 0 Å². The van der Waals surface area contributed by atoms with Crippen LogP contribution in [0.4, 0.5) is 0 Å². The molecule has 2 aliphatic rings. The summed E-state index contributed by atoms with van der Waals surface area (Å²) >= 11 is 0. The van der Waals surface area contributed by atoms with Gasteiger partial charge in [0.25, 0.3) is 11.8 Å². The summed E-state index contributed by atoms with van der Waals surface area (Å²) in [4.78, 5) is 45.1. The Morgan fingerprint density at radius 1 is 1.11 bits per heavy atom. The van der Waals surface area contributed by atoms with E-state index < -0.39 is 0 Å². The lowest BCUT2D eigenvalue weighted by Crippen LogP contribution is -2.47. The Morgan fingerprint density at radius 2 is 1.89 bits per heavy atom. The Balaban J connectivity index is 1.53. The van der Waals surface area contributed by atoms with Crippen LogP contribution in [0.2, 0.25) is 0 Å². The number of piperidine rings is 1. The molecular formula is C26H35N5O4. The molecule has 2 aliphatic heterocycles. The summed E-state index contributed by atoms with van der Waals surface area (Å²) in [6, 6.07) is 7.11. The van der Waals surface area contributed by atoms with Gasteiger partial charge in [0, 0.05) is 63.0 Å². The Bertz CT molecular complexity index is 1110. The van der Waals surface area contributed by atoms with Crippen molar-refractivity contribution in [1.29, 1.82) is 0 Å². The SMILES string of the molecule is CCN(CC)C(=O)C1CCCN(C(=O)c2nn(C)c3c2CN(C(=O)c2cccc(OC)c2)CC3)C1. The number of hydrogen-bond donors (Lipinski definition) is 0. The van der Waals surface area contributed by atoms with Gasteiger partial charge in [-0.1, -0.05) is 6.07 Å². The highest BCUT2D eigenvalue weighted by Crippen LogP contribution is 2.27. The topological polar surface area (TPSA) is 88.0 Å². The maximum Gasteiger partial charge on any atom is 0.274 e. The monoisotopic (exact) mass is 481 g/mol. The standard InChI is InChI=1S/C26H35N5O4/c1-5-29(6-2)25(33)19-10-8-13-30(16-19)26(34)23-21-17-31(14-12-22(21)28(3)27-23)24(32)18-9-7-11-20(15-18)35-4/h7,9,11,15,19H,5-6,8,10,12-14,16-17H2,1-4H3. The first-order valence-electron chi connectivity index (χ1n) is 12.4. The first kappa shape index (κ1) is 24.8. The Labute approximate surface area is 206 Å². The molecule has 1 saturated heterocycles. The van der Waals surface area contributed by atoms with Gasteiger partial charge in [0.05, 0.1) is 19.6 Å². The van der Waals surface area contributed by atoms with Crippen molar-refractivity contribution in [2.45, 2.75) is 39.7 Å². The van der Waals surface area contributed by atoms with Gasteiger partial charge in [-0.2, -0.15) is 5.10 Å². The van der Waals surface area contributed by atoms with Crippen LogP contribution in [0.5, 0.6) is 5.75 Å². The number of benzene rings is 1. The summed E-state index contributed by atoms with van der Waals surface area (Å²) in [5.74, 6) is 0.308. The van der Waals surface area contributed by atoms with E-state index in [1.165, 1.54) is 0 Å². The summed E-state index contributed by atoms with van der Waals surface area (Å²) in [6.07, 6.45) is 2.21. The fourth-order valence-corrected chi connectivity index (χ4v) is 5.18. The second kappa shape index (κ2) is 10.5. The van der Waals surface area contributed by atoms with E-state index in [0.29, 0.717) is 62.7 Å². The van der Waals surface area contributed by atoms with E-state index in [0.717, 1.165) is 24.1 Å². The predicted molar refractivity (Wildman–Crippen MR) is 131 cm³/mol. The summed E-state index contributed by atoms with van der Waals surface area (Å²) in [5, 5.41) is 4.57. The van der Waals surface area contributed by atoms with Crippen LogP contribution in [0.1, 0.15) is 58.8 Å². The predicted octanol–water partition coefficient (Wildman–Crippen LogP) is 2.35. The highest BCUT2D eigenvalue weighted by Gasteiger charge is 2.35. The largest absolute Gasteiger partial charge is 0.497 e. The van der Waals surface area contributed by atoms with Crippen LogP contribution in [0.25, 0.3) is 0 Å². The highest BCUT2D eigenvalue weighted by molar-refractivity contribution is 5.96. The van der Waals surface area contributed by atoms with Crippen LogP contribution in [0.15, 0.2) is 24.3 Å². The molecule has 9 heteroatoms. The highest BCUT2D eigenvalue weighted by atomic mass is 16.5. The first-order valence-corrected chi connectivity index (χ1v) is 12.4. The molecule has 1 aromatic heterocycles. The minimum Gasteiger partial charge on any atom is -0.497 e. The molecule has 0 saturated carbocycles. The Morgan fingerprint density at radius 3 is 2.60 bits per heavy atom. The molecule has 0 N–H and O–H groups in total. The van der Waals surface area contributed by atoms with E-state index >= 15 is 0 Å². The maximum atomic E-state index is 13.6. The molecule has 9 nitrogen and oxygen atoms in total. The third-order valence-corrected chi connectivity index (χ3v) is 7.18. The lowest BCUT2D eigenvalue weighted by Gasteiger charge is -2.34. The van der Waals surface area contributed by atoms with Gasteiger partial charge in [0.1, 0.15) is 5.75 Å². The summed E-state index contributed by atoms with van der Waals surface area (Å²) in [7, 11) is 3.42. The summed E-state index contributed by atoms with van der Waals surface area (Å²) in [6.45, 7) is 7.20. The van der Waals surface area contributed by atoms with Crippen molar-refractivity contribution in [1.82, 2.24) is 24.5 Å². The molecule has 1 unspecified atom stereocenters. The van der Waals surface area contributed by atoms with Gasteiger partial charge in [-0.3, -0.25) is 19.1 Å². The molecule has 3 amide bonds. The number of carbonyl (C=O) groups excluding carboxylic acids is 3. The lowest BCUT2D eigenvalue weighted by molar-refractivity contribution is -0.136. The number of methoxy groups -OCH3 is 1. The minimum atomic E-state index is -0.182. The Hall–Kier alpha value is -3.36. The van der Waals surface area contributed by atoms with Gasteiger partial charge in [0.2, 0.25) is 5.91 Å². The van der Waals surface area contributed by atoms with Crippen molar-refractivity contribution < 1.29 is 19.1 Å². The molecule has 3 heterocycles. The van der Waals surface area contributed by atoms with Crippen LogP contribution >= 0.6 is 0 Å². The van der Waals surface area contributed by atoms with E-state index in [2.05, 4.69) is 5.10 Å². The van der Waals surface area contributed by atoms with Gasteiger partial charge in [-0.05, 0) is 44.9 Å². The van der Waals surface area contributed by atoms with Crippen molar-refractivity contribution in [3.63, 3.8) is 0 Å². The van der Waals surface area contributed by atoms with Crippen molar-refractivity contribution in [2.24, 2.45) is 13.0 Å². The molecule has 188 valence electrons. The lowest BCUT2D eigenvalue weighted by atomic mass is 9.95. The number of aromatic nitrogens is 2. The van der Waals surface area contributed by atoms with Crippen LogP contribution in [-0.2, 0) is 24.8 Å². The third-order valence-electron chi connectivity index (χ3n) is 7.18. The maximum absolute atomic E-state index is 13.6. The summed E-state index contributed by atoms with van der Waals surface area (Å²) in [5.41, 5.74) is 2.73. The second-order valence-corrected chi connectivity index (χ2v) is 9.21. The third kappa shape index (κ3) is 4.90. The van der Waals surface area contributed by atoms with E-state index in [4.69, 9.17) is 4.74 Å². The zero-order chi connectivity index (χ0) is 25.1. The molecular weight excluding hydrogens is 446 g/mol. The zero-order valence-corrected chi connectivity index (χ0v) is 21.1. The van der Waals surface area contributed by atoms with Crippen LogP contribution in [0, 0.1) is 5.92 Å². The van der Waals surface area contributed by atoms with E-state index in [9.17, 15) is 14.4 Å². The molecule has 4 rings (SSSR count). The molecule has 0 radical (unpaired) electrons. The first-order chi connectivity index (χ1) is 16.9. The molecule has 35 heavy (non-hydrogen) atoms. The average molecular weight is 482 g/mol.